The Kier molecular flexibility index (Phi) is 4.29. The highest BCUT2D eigenvalue weighted by molar-refractivity contribution is 5.60. The van der Waals surface area contributed by atoms with Gasteiger partial charge < -0.3 is 9.47 Å². The van der Waals surface area contributed by atoms with Crippen LogP contribution in [0.15, 0.2) is 12.1 Å². The van der Waals surface area contributed by atoms with E-state index in [0.29, 0.717) is 13.0 Å². The lowest BCUT2D eigenvalue weighted by molar-refractivity contribution is -0.386. The number of nitrogens with zero attached hydrogens (tertiary/aromatic N) is 2. The summed E-state index contributed by atoms with van der Waals surface area (Å²) in [5, 5.41) is 19.8. The van der Waals surface area contributed by atoms with E-state index in [2.05, 4.69) is 0 Å². The van der Waals surface area contributed by atoms with Crippen molar-refractivity contribution in [1.82, 2.24) is 0 Å². The second kappa shape index (κ2) is 5.70. The SMILES string of the molecule is CCCOc1c(C#N)cc(OC)cc1[N+](=O)[O-]. The molecular formula is C11H12N2O4. The van der Waals surface area contributed by atoms with Gasteiger partial charge in [-0.15, -0.1) is 0 Å². The summed E-state index contributed by atoms with van der Waals surface area (Å²) >= 11 is 0. The lowest BCUT2D eigenvalue weighted by Gasteiger charge is -2.08. The Balaban J connectivity index is 3.31. The van der Waals surface area contributed by atoms with Crippen LogP contribution in [-0.4, -0.2) is 18.6 Å². The van der Waals surface area contributed by atoms with Crippen LogP contribution >= 0.6 is 0 Å². The molecule has 90 valence electrons. The highest BCUT2D eigenvalue weighted by Crippen LogP contribution is 2.35. The lowest BCUT2D eigenvalue weighted by Crippen LogP contribution is -2.02. The zero-order valence-corrected chi connectivity index (χ0v) is 9.60. The Labute approximate surface area is 98.5 Å². The van der Waals surface area contributed by atoms with E-state index in [9.17, 15) is 10.1 Å². The van der Waals surface area contributed by atoms with Gasteiger partial charge in [-0.1, -0.05) is 6.92 Å². The predicted octanol–water partition coefficient (Wildman–Crippen LogP) is 2.26. The molecule has 0 N–H and O–H groups in total. The standard InChI is InChI=1S/C11H12N2O4/c1-3-4-17-11-8(7-12)5-9(16-2)6-10(11)13(14)15/h5-6H,3-4H2,1-2H3. The summed E-state index contributed by atoms with van der Waals surface area (Å²) in [6.07, 6.45) is 0.702. The summed E-state index contributed by atoms with van der Waals surface area (Å²) < 4.78 is 10.1. The number of hydrogen-bond acceptors (Lipinski definition) is 5. The second-order valence-corrected chi connectivity index (χ2v) is 3.24. The largest absolute Gasteiger partial charge is 0.496 e. The molecule has 6 nitrogen and oxygen atoms in total. The molecule has 0 fully saturated rings. The Hall–Kier alpha value is -2.29. The number of methoxy groups -OCH3 is 1. The van der Waals surface area contributed by atoms with Crippen molar-refractivity contribution in [2.45, 2.75) is 13.3 Å². The van der Waals surface area contributed by atoms with Crippen molar-refractivity contribution in [1.29, 1.82) is 5.26 Å². The second-order valence-electron chi connectivity index (χ2n) is 3.24. The van der Waals surface area contributed by atoms with Gasteiger partial charge in [0.05, 0.1) is 24.7 Å². The Morgan fingerprint density at radius 2 is 2.24 bits per heavy atom. The van der Waals surface area contributed by atoms with Crippen LogP contribution in [0.1, 0.15) is 18.9 Å². The maximum Gasteiger partial charge on any atom is 0.316 e. The van der Waals surface area contributed by atoms with Gasteiger partial charge in [0.15, 0.2) is 0 Å². The smallest absolute Gasteiger partial charge is 0.316 e. The monoisotopic (exact) mass is 236 g/mol. The third kappa shape index (κ3) is 2.84. The fourth-order valence-electron chi connectivity index (χ4n) is 1.28. The van der Waals surface area contributed by atoms with Crippen molar-refractivity contribution in [2.75, 3.05) is 13.7 Å². The molecule has 0 atom stereocenters. The topological polar surface area (TPSA) is 85.4 Å². The van der Waals surface area contributed by atoms with Crippen LogP contribution in [0.2, 0.25) is 0 Å². The fraction of sp³-hybridized carbons (Fsp3) is 0.364. The minimum Gasteiger partial charge on any atom is -0.496 e. The van der Waals surface area contributed by atoms with Gasteiger partial charge >= 0.3 is 5.69 Å². The van der Waals surface area contributed by atoms with E-state index in [4.69, 9.17) is 14.7 Å². The van der Waals surface area contributed by atoms with Crippen LogP contribution in [-0.2, 0) is 0 Å². The number of ether oxygens (including phenoxy) is 2. The third-order valence-electron chi connectivity index (χ3n) is 2.05. The van der Waals surface area contributed by atoms with Gasteiger partial charge in [-0.05, 0) is 6.42 Å². The molecule has 0 aromatic heterocycles. The molecule has 0 amide bonds. The van der Waals surface area contributed by atoms with Crippen molar-refractivity contribution in [3.05, 3.63) is 27.8 Å². The minimum atomic E-state index is -0.589. The first kappa shape index (κ1) is 12.8. The normalized spacial score (nSPS) is 9.47. The molecule has 0 unspecified atom stereocenters. The summed E-state index contributed by atoms with van der Waals surface area (Å²) in [6, 6.07) is 4.52. The van der Waals surface area contributed by atoms with Gasteiger partial charge in [-0.25, -0.2) is 0 Å². The van der Waals surface area contributed by atoms with Crippen LogP contribution in [0, 0.1) is 21.4 Å². The number of nitriles is 1. The van der Waals surface area contributed by atoms with Crippen LogP contribution in [0.25, 0.3) is 0 Å². The first-order valence-corrected chi connectivity index (χ1v) is 5.03. The predicted molar refractivity (Wildman–Crippen MR) is 60.1 cm³/mol. The zero-order valence-electron chi connectivity index (χ0n) is 9.60. The quantitative estimate of drug-likeness (QED) is 0.578. The Morgan fingerprint density at radius 3 is 2.71 bits per heavy atom. The third-order valence-corrected chi connectivity index (χ3v) is 2.05. The molecule has 0 aliphatic carbocycles. The minimum absolute atomic E-state index is 0.000139. The summed E-state index contributed by atoms with van der Waals surface area (Å²) in [5.41, 5.74) is -0.154. The highest BCUT2D eigenvalue weighted by Gasteiger charge is 2.21. The van der Waals surface area contributed by atoms with E-state index in [1.54, 1.807) is 0 Å². The molecule has 0 saturated heterocycles. The maximum absolute atomic E-state index is 10.9. The molecular weight excluding hydrogens is 224 g/mol. The first-order valence-electron chi connectivity index (χ1n) is 5.03. The molecule has 0 saturated carbocycles. The summed E-state index contributed by atoms with van der Waals surface area (Å²) in [7, 11) is 1.38. The summed E-state index contributed by atoms with van der Waals surface area (Å²) in [6.45, 7) is 2.20. The Bertz CT molecular complexity index is 465. The molecule has 0 spiro atoms. The molecule has 1 aromatic carbocycles. The summed E-state index contributed by atoms with van der Waals surface area (Å²) in [4.78, 5) is 10.3. The van der Waals surface area contributed by atoms with Gasteiger partial charge in [0.25, 0.3) is 0 Å². The lowest BCUT2D eigenvalue weighted by atomic mass is 10.1. The Morgan fingerprint density at radius 1 is 1.53 bits per heavy atom. The van der Waals surface area contributed by atoms with Gasteiger partial charge in [0.1, 0.15) is 17.4 Å². The molecule has 6 heteroatoms. The average molecular weight is 236 g/mol. The van der Waals surface area contributed by atoms with Crippen molar-refractivity contribution >= 4 is 5.69 Å². The maximum atomic E-state index is 10.9. The molecule has 1 rings (SSSR count). The molecule has 1 aromatic rings. The van der Waals surface area contributed by atoms with Crippen molar-refractivity contribution in [3.63, 3.8) is 0 Å². The van der Waals surface area contributed by atoms with Crippen LogP contribution in [0.5, 0.6) is 11.5 Å². The van der Waals surface area contributed by atoms with Crippen LogP contribution in [0.4, 0.5) is 5.69 Å². The highest BCUT2D eigenvalue weighted by atomic mass is 16.6. The van der Waals surface area contributed by atoms with Crippen molar-refractivity contribution < 1.29 is 14.4 Å². The van der Waals surface area contributed by atoms with Crippen LogP contribution < -0.4 is 9.47 Å². The van der Waals surface area contributed by atoms with Crippen LogP contribution in [0.3, 0.4) is 0 Å². The molecule has 0 aliphatic heterocycles. The van der Waals surface area contributed by atoms with Gasteiger partial charge in [-0.3, -0.25) is 10.1 Å². The number of nitro benzene ring substituents is 1. The van der Waals surface area contributed by atoms with Gasteiger partial charge in [0, 0.05) is 6.07 Å². The number of nitro groups is 1. The van der Waals surface area contributed by atoms with Gasteiger partial charge in [-0.2, -0.15) is 5.26 Å². The van der Waals surface area contributed by atoms with E-state index < -0.39 is 4.92 Å². The van der Waals surface area contributed by atoms with Crippen molar-refractivity contribution in [3.8, 4) is 17.6 Å². The number of benzene rings is 1. The molecule has 0 bridgehead atoms. The van der Waals surface area contributed by atoms with Gasteiger partial charge in [0.2, 0.25) is 5.75 Å². The molecule has 0 heterocycles. The number of hydrogen-bond donors (Lipinski definition) is 0. The van der Waals surface area contributed by atoms with E-state index in [1.165, 1.54) is 19.2 Å². The summed E-state index contributed by atoms with van der Waals surface area (Å²) in [5.74, 6) is 0.261. The van der Waals surface area contributed by atoms with Crippen molar-refractivity contribution in [2.24, 2.45) is 0 Å². The first-order chi connectivity index (χ1) is 8.13. The fourth-order valence-corrected chi connectivity index (χ4v) is 1.28. The molecule has 0 aliphatic rings. The zero-order chi connectivity index (χ0) is 12.8. The van der Waals surface area contributed by atoms with E-state index in [0.717, 1.165) is 0 Å². The number of rotatable bonds is 5. The molecule has 17 heavy (non-hydrogen) atoms. The van der Waals surface area contributed by atoms with E-state index in [-0.39, 0.29) is 22.7 Å². The average Bonchev–Trinajstić information content (AvgIpc) is 2.35. The van der Waals surface area contributed by atoms with E-state index in [1.807, 2.05) is 13.0 Å². The van der Waals surface area contributed by atoms with E-state index >= 15 is 0 Å². The molecule has 0 radical (unpaired) electrons.